The van der Waals surface area contributed by atoms with Gasteiger partial charge < -0.3 is 9.47 Å². The maximum atomic E-state index is 12.6. The maximum absolute atomic E-state index is 12.6. The van der Waals surface area contributed by atoms with Gasteiger partial charge in [0.15, 0.2) is 0 Å². The van der Waals surface area contributed by atoms with Crippen molar-refractivity contribution in [3.05, 3.63) is 0 Å². The van der Waals surface area contributed by atoms with Crippen LogP contribution >= 0.6 is 0 Å². The first-order valence-electron chi connectivity index (χ1n) is 12.0. The SMILES string of the molecule is CCCCCC(CCC)COC(=O)C1CCCC(C(=O)OC2CCCCC2)C1. The van der Waals surface area contributed by atoms with E-state index >= 15 is 0 Å². The highest BCUT2D eigenvalue weighted by Crippen LogP contribution is 2.32. The molecule has 0 N–H and O–H groups in total. The first-order chi connectivity index (χ1) is 13.6. The summed E-state index contributed by atoms with van der Waals surface area (Å²) in [5.41, 5.74) is 0. The van der Waals surface area contributed by atoms with E-state index in [1.807, 2.05) is 0 Å². The molecule has 0 spiro atoms. The molecule has 0 heterocycles. The molecule has 2 rings (SSSR count). The number of rotatable bonds is 11. The van der Waals surface area contributed by atoms with Crippen molar-refractivity contribution in [2.45, 2.75) is 116 Å². The first kappa shape index (κ1) is 23.2. The molecule has 3 atom stereocenters. The van der Waals surface area contributed by atoms with Gasteiger partial charge >= 0.3 is 11.9 Å². The zero-order chi connectivity index (χ0) is 20.2. The standard InChI is InChI=1S/C24H42O4/c1-3-5-7-12-19(11-4-2)18-27-23(25)20-13-10-14-21(17-20)24(26)28-22-15-8-6-9-16-22/h19-22H,3-18H2,1-2H3. The molecule has 2 aliphatic rings. The quantitative estimate of drug-likeness (QED) is 0.309. The molecule has 0 saturated heterocycles. The van der Waals surface area contributed by atoms with Gasteiger partial charge in [-0.1, -0.05) is 52.4 Å². The van der Waals surface area contributed by atoms with Crippen LogP contribution in [0.25, 0.3) is 0 Å². The number of carbonyl (C=O) groups excluding carboxylic acids is 2. The van der Waals surface area contributed by atoms with Crippen molar-refractivity contribution in [3.63, 3.8) is 0 Å². The lowest BCUT2D eigenvalue weighted by molar-refractivity contribution is -0.160. The molecular formula is C24H42O4. The van der Waals surface area contributed by atoms with Gasteiger partial charge in [0.05, 0.1) is 18.4 Å². The Morgan fingerprint density at radius 1 is 0.821 bits per heavy atom. The minimum atomic E-state index is -0.129. The second kappa shape index (κ2) is 13.2. The van der Waals surface area contributed by atoms with E-state index in [2.05, 4.69) is 13.8 Å². The zero-order valence-corrected chi connectivity index (χ0v) is 18.3. The molecule has 2 aliphatic carbocycles. The summed E-state index contributed by atoms with van der Waals surface area (Å²) in [6.07, 6.45) is 16.0. The summed E-state index contributed by atoms with van der Waals surface area (Å²) in [5, 5.41) is 0. The van der Waals surface area contributed by atoms with E-state index < -0.39 is 0 Å². The second-order valence-electron chi connectivity index (χ2n) is 9.04. The predicted molar refractivity (Wildman–Crippen MR) is 112 cm³/mol. The zero-order valence-electron chi connectivity index (χ0n) is 18.3. The monoisotopic (exact) mass is 394 g/mol. The third-order valence-corrected chi connectivity index (χ3v) is 6.55. The molecule has 2 saturated carbocycles. The van der Waals surface area contributed by atoms with Crippen LogP contribution in [0.1, 0.15) is 110 Å². The molecule has 3 unspecified atom stereocenters. The van der Waals surface area contributed by atoms with E-state index in [9.17, 15) is 9.59 Å². The Morgan fingerprint density at radius 2 is 1.54 bits per heavy atom. The molecule has 2 fully saturated rings. The van der Waals surface area contributed by atoms with Crippen molar-refractivity contribution in [1.29, 1.82) is 0 Å². The molecule has 0 aromatic rings. The van der Waals surface area contributed by atoms with Crippen LogP contribution in [0.15, 0.2) is 0 Å². The molecule has 162 valence electrons. The summed E-state index contributed by atoms with van der Waals surface area (Å²) in [6.45, 7) is 4.95. The van der Waals surface area contributed by atoms with Gasteiger partial charge in [0.1, 0.15) is 6.10 Å². The Kier molecular flexibility index (Phi) is 11.0. The van der Waals surface area contributed by atoms with Gasteiger partial charge in [-0.2, -0.15) is 0 Å². The number of carbonyl (C=O) groups is 2. The molecule has 4 nitrogen and oxygen atoms in total. The molecule has 4 heteroatoms. The van der Waals surface area contributed by atoms with E-state index in [1.54, 1.807) is 0 Å². The van der Waals surface area contributed by atoms with Gasteiger partial charge in [-0.15, -0.1) is 0 Å². The summed E-state index contributed by atoms with van der Waals surface area (Å²) >= 11 is 0. The Morgan fingerprint density at radius 3 is 2.21 bits per heavy atom. The Hall–Kier alpha value is -1.06. The Labute approximate surface area is 172 Å². The summed E-state index contributed by atoms with van der Waals surface area (Å²) in [6, 6.07) is 0. The van der Waals surface area contributed by atoms with E-state index in [0.29, 0.717) is 18.9 Å². The van der Waals surface area contributed by atoms with Crippen LogP contribution < -0.4 is 0 Å². The maximum Gasteiger partial charge on any atom is 0.309 e. The lowest BCUT2D eigenvalue weighted by Gasteiger charge is -2.29. The number of hydrogen-bond donors (Lipinski definition) is 0. The smallest absolute Gasteiger partial charge is 0.309 e. The van der Waals surface area contributed by atoms with E-state index in [4.69, 9.17) is 9.47 Å². The molecule has 0 aromatic heterocycles. The van der Waals surface area contributed by atoms with Crippen molar-refractivity contribution in [3.8, 4) is 0 Å². The van der Waals surface area contributed by atoms with Crippen molar-refractivity contribution < 1.29 is 19.1 Å². The Balaban J connectivity index is 1.75. The van der Waals surface area contributed by atoms with Crippen LogP contribution in [0.2, 0.25) is 0 Å². The lowest BCUT2D eigenvalue weighted by Crippen LogP contribution is -2.32. The fourth-order valence-electron chi connectivity index (χ4n) is 4.78. The van der Waals surface area contributed by atoms with Gasteiger partial charge in [0.2, 0.25) is 0 Å². The lowest BCUT2D eigenvalue weighted by atomic mass is 9.81. The molecule has 0 amide bonds. The molecular weight excluding hydrogens is 352 g/mol. The highest BCUT2D eigenvalue weighted by Gasteiger charge is 2.34. The summed E-state index contributed by atoms with van der Waals surface area (Å²) in [5.74, 6) is 0.0653. The number of hydrogen-bond acceptors (Lipinski definition) is 4. The third kappa shape index (κ3) is 8.13. The van der Waals surface area contributed by atoms with Crippen LogP contribution in [-0.4, -0.2) is 24.6 Å². The van der Waals surface area contributed by atoms with Gasteiger partial charge in [-0.25, -0.2) is 0 Å². The summed E-state index contributed by atoms with van der Waals surface area (Å²) in [4.78, 5) is 25.2. The van der Waals surface area contributed by atoms with Gasteiger partial charge in [0.25, 0.3) is 0 Å². The number of esters is 2. The largest absolute Gasteiger partial charge is 0.465 e. The van der Waals surface area contributed by atoms with E-state index in [0.717, 1.165) is 64.2 Å². The van der Waals surface area contributed by atoms with Crippen molar-refractivity contribution in [2.75, 3.05) is 6.61 Å². The van der Waals surface area contributed by atoms with E-state index in [1.165, 1.54) is 25.7 Å². The summed E-state index contributed by atoms with van der Waals surface area (Å²) in [7, 11) is 0. The molecule has 0 aromatic carbocycles. The average molecular weight is 395 g/mol. The fourth-order valence-corrected chi connectivity index (χ4v) is 4.78. The molecule has 28 heavy (non-hydrogen) atoms. The Bertz CT molecular complexity index is 456. The van der Waals surface area contributed by atoms with Crippen LogP contribution in [0.5, 0.6) is 0 Å². The van der Waals surface area contributed by atoms with Crippen LogP contribution in [-0.2, 0) is 19.1 Å². The minimum Gasteiger partial charge on any atom is -0.465 e. The third-order valence-electron chi connectivity index (χ3n) is 6.55. The molecule has 0 radical (unpaired) electrons. The van der Waals surface area contributed by atoms with Crippen molar-refractivity contribution in [2.24, 2.45) is 17.8 Å². The van der Waals surface area contributed by atoms with Crippen LogP contribution in [0.3, 0.4) is 0 Å². The normalized spacial score (nSPS) is 24.5. The minimum absolute atomic E-state index is 0.0761. The van der Waals surface area contributed by atoms with Gasteiger partial charge in [0, 0.05) is 0 Å². The topological polar surface area (TPSA) is 52.6 Å². The fraction of sp³-hybridized carbons (Fsp3) is 0.917. The van der Waals surface area contributed by atoms with Gasteiger partial charge in [-0.3, -0.25) is 9.59 Å². The predicted octanol–water partition coefficient (Wildman–Crippen LogP) is 6.21. The molecule has 0 bridgehead atoms. The first-order valence-corrected chi connectivity index (χ1v) is 12.0. The molecule has 0 aliphatic heterocycles. The van der Waals surface area contributed by atoms with Gasteiger partial charge in [-0.05, 0) is 63.7 Å². The second-order valence-corrected chi connectivity index (χ2v) is 9.04. The van der Waals surface area contributed by atoms with Crippen LogP contribution in [0.4, 0.5) is 0 Å². The average Bonchev–Trinajstić information content (AvgIpc) is 2.72. The number of ether oxygens (including phenoxy) is 2. The van der Waals surface area contributed by atoms with Crippen LogP contribution in [0, 0.1) is 17.8 Å². The number of unbranched alkanes of at least 4 members (excludes halogenated alkanes) is 2. The van der Waals surface area contributed by atoms with E-state index in [-0.39, 0.29) is 29.9 Å². The highest BCUT2D eigenvalue weighted by atomic mass is 16.5. The van der Waals surface area contributed by atoms with Crippen molar-refractivity contribution in [1.82, 2.24) is 0 Å². The highest BCUT2D eigenvalue weighted by molar-refractivity contribution is 5.76. The summed E-state index contributed by atoms with van der Waals surface area (Å²) < 4.78 is 11.5. The van der Waals surface area contributed by atoms with Crippen molar-refractivity contribution >= 4 is 11.9 Å².